The molecule has 1 unspecified atom stereocenters. The molecule has 2 amide bonds. The van der Waals surface area contributed by atoms with Crippen molar-refractivity contribution in [3.63, 3.8) is 0 Å². The van der Waals surface area contributed by atoms with Crippen LogP contribution in [0.2, 0.25) is 0 Å². The molecule has 170 valence electrons. The summed E-state index contributed by atoms with van der Waals surface area (Å²) < 4.78 is 1.85. The van der Waals surface area contributed by atoms with Crippen molar-refractivity contribution in [3.8, 4) is 0 Å². The van der Waals surface area contributed by atoms with Gasteiger partial charge in [-0.25, -0.2) is 9.67 Å². The number of aromatic nitrogens is 5. The number of carbonyl (C=O) groups excluding carboxylic acids is 2. The molecule has 1 aliphatic heterocycles. The lowest BCUT2D eigenvalue weighted by atomic mass is 9.59. The molecule has 5 rings (SSSR count). The molecule has 0 bridgehead atoms. The van der Waals surface area contributed by atoms with Gasteiger partial charge in [-0.2, -0.15) is 0 Å². The molecule has 1 atom stereocenters. The van der Waals surface area contributed by atoms with Crippen LogP contribution in [0.4, 0.5) is 0 Å². The van der Waals surface area contributed by atoms with E-state index in [1.165, 1.54) is 0 Å². The molecule has 1 aliphatic carbocycles. The van der Waals surface area contributed by atoms with E-state index in [4.69, 9.17) is 0 Å². The van der Waals surface area contributed by atoms with Crippen LogP contribution in [-0.2, 0) is 6.54 Å². The summed E-state index contributed by atoms with van der Waals surface area (Å²) in [4.78, 5) is 35.6. The maximum Gasteiger partial charge on any atom is 0.274 e. The molecular formula is C24H27N7O2. The summed E-state index contributed by atoms with van der Waals surface area (Å²) in [5.41, 5.74) is 2.65. The minimum absolute atomic E-state index is 0.0636. The lowest BCUT2D eigenvalue weighted by Gasteiger charge is -2.53. The van der Waals surface area contributed by atoms with Crippen LogP contribution in [0.3, 0.4) is 0 Å². The first kappa shape index (κ1) is 21.2. The summed E-state index contributed by atoms with van der Waals surface area (Å²) in [7, 11) is 0. The number of likely N-dealkylation sites (tertiary alicyclic amines) is 1. The fourth-order valence-electron chi connectivity index (χ4n) is 4.90. The molecule has 9 heteroatoms. The molecule has 1 aromatic carbocycles. The molecule has 33 heavy (non-hydrogen) atoms. The van der Waals surface area contributed by atoms with Gasteiger partial charge in [-0.3, -0.25) is 14.6 Å². The van der Waals surface area contributed by atoms with Gasteiger partial charge in [0.05, 0.1) is 24.1 Å². The summed E-state index contributed by atoms with van der Waals surface area (Å²) >= 11 is 0. The fraction of sp³-hybridized carbons (Fsp3) is 0.417. The summed E-state index contributed by atoms with van der Waals surface area (Å²) in [5.74, 6) is -0.288. The van der Waals surface area contributed by atoms with Gasteiger partial charge in [0.2, 0.25) is 0 Å². The van der Waals surface area contributed by atoms with Crippen LogP contribution < -0.4 is 5.32 Å². The van der Waals surface area contributed by atoms with E-state index in [1.807, 2.05) is 46.8 Å². The third kappa shape index (κ3) is 4.22. The monoisotopic (exact) mass is 445 g/mol. The van der Waals surface area contributed by atoms with Gasteiger partial charge in [-0.15, -0.1) is 5.10 Å². The Balaban J connectivity index is 1.19. The van der Waals surface area contributed by atoms with Gasteiger partial charge >= 0.3 is 0 Å². The molecular weight excluding hydrogens is 418 g/mol. The first-order valence-electron chi connectivity index (χ1n) is 11.4. The number of rotatable bonds is 5. The topological polar surface area (TPSA) is 106 Å². The molecule has 3 heterocycles. The highest BCUT2D eigenvalue weighted by Crippen LogP contribution is 2.56. The second-order valence-corrected chi connectivity index (χ2v) is 9.00. The van der Waals surface area contributed by atoms with Crippen LogP contribution in [0.5, 0.6) is 0 Å². The van der Waals surface area contributed by atoms with E-state index in [0.717, 1.165) is 36.9 Å². The molecule has 1 spiro atoms. The predicted molar refractivity (Wildman–Crippen MR) is 120 cm³/mol. The van der Waals surface area contributed by atoms with Crippen molar-refractivity contribution in [2.75, 3.05) is 13.1 Å². The highest BCUT2D eigenvalue weighted by Gasteiger charge is 2.50. The first-order chi connectivity index (χ1) is 16.0. The number of hydrogen-bond acceptors (Lipinski definition) is 6. The Hall–Kier alpha value is -3.62. The zero-order chi connectivity index (χ0) is 22.8. The first-order valence-corrected chi connectivity index (χ1v) is 11.4. The molecule has 1 N–H and O–H groups in total. The van der Waals surface area contributed by atoms with Gasteiger partial charge in [0, 0.05) is 25.8 Å². The Morgan fingerprint density at radius 1 is 1.06 bits per heavy atom. The zero-order valence-corrected chi connectivity index (χ0v) is 18.6. The van der Waals surface area contributed by atoms with Crippen molar-refractivity contribution < 1.29 is 9.59 Å². The number of amides is 2. The Kier molecular flexibility index (Phi) is 5.62. The molecule has 2 aliphatic rings. The van der Waals surface area contributed by atoms with E-state index in [-0.39, 0.29) is 23.3 Å². The van der Waals surface area contributed by atoms with Crippen molar-refractivity contribution in [1.82, 2.24) is 35.2 Å². The van der Waals surface area contributed by atoms with Crippen LogP contribution in [0, 0.1) is 12.3 Å². The highest BCUT2D eigenvalue weighted by atomic mass is 16.2. The standard InChI is InChI=1S/C24H27N7O2/c1-17-13-26-19(15-25-17)23(33)30-11-9-24(10-12-30)8-7-21(24)31-16-20(28-29-31)22(32)27-14-18-5-3-2-4-6-18/h2-6,13,15-16,21H,7-12,14H2,1H3,(H,27,32). The van der Waals surface area contributed by atoms with Crippen LogP contribution in [-0.4, -0.2) is 54.8 Å². The Bertz CT molecular complexity index is 1140. The van der Waals surface area contributed by atoms with Crippen molar-refractivity contribution >= 4 is 11.8 Å². The van der Waals surface area contributed by atoms with Gasteiger partial charge in [0.25, 0.3) is 11.8 Å². The Morgan fingerprint density at radius 3 is 2.52 bits per heavy atom. The number of nitrogens with one attached hydrogen (secondary N) is 1. The van der Waals surface area contributed by atoms with Crippen LogP contribution >= 0.6 is 0 Å². The van der Waals surface area contributed by atoms with Gasteiger partial charge in [-0.05, 0) is 43.6 Å². The SMILES string of the molecule is Cc1cnc(C(=O)N2CCC3(CCC3n3cc(C(=O)NCc4ccccc4)nn3)CC2)cn1. The van der Waals surface area contributed by atoms with E-state index in [9.17, 15) is 9.59 Å². The van der Waals surface area contributed by atoms with E-state index >= 15 is 0 Å². The van der Waals surface area contributed by atoms with E-state index in [1.54, 1.807) is 18.6 Å². The number of aryl methyl sites for hydroxylation is 1. The second kappa shape index (κ2) is 8.73. The minimum Gasteiger partial charge on any atom is -0.347 e. The third-order valence-electron chi connectivity index (χ3n) is 7.03. The van der Waals surface area contributed by atoms with Gasteiger partial charge < -0.3 is 10.2 Å². The quantitative estimate of drug-likeness (QED) is 0.647. The number of benzene rings is 1. The van der Waals surface area contributed by atoms with Gasteiger partial charge in [0.1, 0.15) is 5.69 Å². The van der Waals surface area contributed by atoms with Crippen LogP contribution in [0.15, 0.2) is 48.9 Å². The largest absolute Gasteiger partial charge is 0.347 e. The molecule has 1 saturated heterocycles. The molecule has 3 aromatic rings. The Morgan fingerprint density at radius 2 is 1.85 bits per heavy atom. The average Bonchev–Trinajstić information content (AvgIpc) is 3.32. The number of piperidine rings is 1. The smallest absolute Gasteiger partial charge is 0.274 e. The average molecular weight is 446 g/mol. The van der Waals surface area contributed by atoms with Crippen LogP contribution in [0.1, 0.15) is 64.0 Å². The van der Waals surface area contributed by atoms with Gasteiger partial charge in [0.15, 0.2) is 5.69 Å². The molecule has 2 fully saturated rings. The maximum absolute atomic E-state index is 12.8. The number of nitrogens with zero attached hydrogens (tertiary/aromatic N) is 6. The third-order valence-corrected chi connectivity index (χ3v) is 7.03. The van der Waals surface area contributed by atoms with Crippen LogP contribution in [0.25, 0.3) is 0 Å². The van der Waals surface area contributed by atoms with E-state index in [0.29, 0.717) is 31.0 Å². The molecule has 0 radical (unpaired) electrons. The normalized spacial score (nSPS) is 19.2. The zero-order valence-electron chi connectivity index (χ0n) is 18.6. The molecule has 1 saturated carbocycles. The van der Waals surface area contributed by atoms with Crippen molar-refractivity contribution in [2.45, 2.75) is 45.2 Å². The lowest BCUT2D eigenvalue weighted by Crippen LogP contribution is -2.51. The Labute approximate surface area is 192 Å². The predicted octanol–water partition coefficient (Wildman–Crippen LogP) is 2.56. The summed E-state index contributed by atoms with van der Waals surface area (Å²) in [5, 5.41) is 11.3. The second-order valence-electron chi connectivity index (χ2n) is 9.00. The maximum atomic E-state index is 12.8. The number of hydrogen-bond donors (Lipinski definition) is 1. The highest BCUT2D eigenvalue weighted by molar-refractivity contribution is 5.92. The van der Waals surface area contributed by atoms with Gasteiger partial charge in [-0.1, -0.05) is 35.5 Å². The fourth-order valence-corrected chi connectivity index (χ4v) is 4.90. The summed E-state index contributed by atoms with van der Waals surface area (Å²) in [6.45, 7) is 3.67. The van der Waals surface area contributed by atoms with E-state index < -0.39 is 0 Å². The van der Waals surface area contributed by atoms with E-state index in [2.05, 4.69) is 25.6 Å². The summed E-state index contributed by atoms with van der Waals surface area (Å²) in [6.07, 6.45) is 8.83. The van der Waals surface area contributed by atoms with Crippen molar-refractivity contribution in [1.29, 1.82) is 0 Å². The van der Waals surface area contributed by atoms with Crippen molar-refractivity contribution in [2.24, 2.45) is 5.41 Å². The number of carbonyl (C=O) groups is 2. The van der Waals surface area contributed by atoms with Crippen molar-refractivity contribution in [3.05, 3.63) is 71.6 Å². The molecule has 9 nitrogen and oxygen atoms in total. The summed E-state index contributed by atoms with van der Waals surface area (Å²) in [6, 6.07) is 9.98. The molecule has 2 aromatic heterocycles. The minimum atomic E-state index is -0.224. The lowest BCUT2D eigenvalue weighted by molar-refractivity contribution is -0.0269.